The maximum Gasteiger partial charge on any atom is 0.261 e. The first-order valence-corrected chi connectivity index (χ1v) is 5.49. The van der Waals surface area contributed by atoms with E-state index < -0.39 is 9.05 Å². The Morgan fingerprint density at radius 1 is 1.17 bits per heavy atom. The van der Waals surface area contributed by atoms with Gasteiger partial charge in [-0.2, -0.15) is 0 Å². The summed E-state index contributed by atoms with van der Waals surface area (Å²) in [7, 11) is 1.48. The minimum atomic E-state index is -3.58. The molecule has 0 bridgehead atoms. The van der Waals surface area contributed by atoms with E-state index in [2.05, 4.69) is 12.6 Å². The molecule has 0 spiro atoms. The van der Waals surface area contributed by atoms with Crippen LogP contribution >= 0.6 is 23.3 Å². The molecule has 0 heterocycles. The Morgan fingerprint density at radius 3 is 1.92 bits per heavy atom. The van der Waals surface area contributed by atoms with Crippen molar-refractivity contribution < 1.29 is 27.9 Å². The quantitative estimate of drug-likeness (QED) is 0.482. The van der Waals surface area contributed by atoms with Gasteiger partial charge in [0.05, 0.1) is 4.90 Å². The van der Waals surface area contributed by atoms with Gasteiger partial charge in [0, 0.05) is 35.1 Å². The Kier molecular flexibility index (Phi) is 4.78. The first-order chi connectivity index (χ1) is 5.00. The zero-order valence-corrected chi connectivity index (χ0v) is 11.5. The maximum atomic E-state index is 10.7. The Hall–Kier alpha value is 0.433. The van der Waals surface area contributed by atoms with Gasteiger partial charge in [0.1, 0.15) is 0 Å². The zero-order valence-electron chi connectivity index (χ0n) is 6.07. The Morgan fingerprint density at radius 2 is 1.58 bits per heavy atom. The van der Waals surface area contributed by atoms with E-state index in [1.54, 1.807) is 12.1 Å². The molecule has 0 saturated heterocycles. The van der Waals surface area contributed by atoms with Crippen molar-refractivity contribution >= 4 is 32.4 Å². The van der Waals surface area contributed by atoms with Gasteiger partial charge < -0.3 is 0 Å². The van der Waals surface area contributed by atoms with Gasteiger partial charge in [0.2, 0.25) is 0 Å². The molecule has 0 atom stereocenters. The van der Waals surface area contributed by atoms with Gasteiger partial charge in [-0.25, -0.2) is 8.42 Å². The number of hydrogen-bond donors (Lipinski definition) is 1. The summed E-state index contributed by atoms with van der Waals surface area (Å²) in [6.07, 6.45) is 0. The molecular formula is C6H5ClO2S2Zn. The third kappa shape index (κ3) is 3.44. The van der Waals surface area contributed by atoms with Gasteiger partial charge >= 0.3 is 0 Å². The van der Waals surface area contributed by atoms with Crippen LogP contribution in [0.2, 0.25) is 0 Å². The normalized spacial score (nSPS) is 10.5. The van der Waals surface area contributed by atoms with Crippen LogP contribution in [0.3, 0.4) is 0 Å². The van der Waals surface area contributed by atoms with Crippen LogP contribution in [0, 0.1) is 0 Å². The second kappa shape index (κ2) is 4.61. The van der Waals surface area contributed by atoms with Gasteiger partial charge in [-0.05, 0) is 24.3 Å². The van der Waals surface area contributed by atoms with Crippen molar-refractivity contribution in [1.82, 2.24) is 0 Å². The summed E-state index contributed by atoms with van der Waals surface area (Å²) in [6, 6.07) is 5.95. The van der Waals surface area contributed by atoms with Gasteiger partial charge in [-0.1, -0.05) is 0 Å². The summed E-state index contributed by atoms with van der Waals surface area (Å²) in [6.45, 7) is 0. The minimum absolute atomic E-state index is 0. The van der Waals surface area contributed by atoms with Crippen LogP contribution in [0.25, 0.3) is 0 Å². The predicted molar refractivity (Wildman–Crippen MR) is 46.7 cm³/mol. The molecular weight excluding hydrogens is 269 g/mol. The average Bonchev–Trinajstić information content (AvgIpc) is 1.86. The van der Waals surface area contributed by atoms with Crippen LogP contribution in [0.5, 0.6) is 0 Å². The number of thiol groups is 1. The third-order valence-electron chi connectivity index (χ3n) is 1.12. The molecule has 0 N–H and O–H groups in total. The minimum Gasteiger partial charge on any atom is -0.207 e. The maximum absolute atomic E-state index is 10.7. The van der Waals surface area contributed by atoms with E-state index in [1.807, 2.05) is 0 Å². The molecule has 0 aliphatic rings. The topological polar surface area (TPSA) is 34.1 Å². The second-order valence-electron chi connectivity index (χ2n) is 1.93. The van der Waals surface area contributed by atoms with Gasteiger partial charge in [0.15, 0.2) is 0 Å². The van der Waals surface area contributed by atoms with Crippen LogP contribution in [0.4, 0.5) is 0 Å². The number of benzene rings is 1. The molecule has 1 aromatic carbocycles. The smallest absolute Gasteiger partial charge is 0.207 e. The average molecular weight is 274 g/mol. The monoisotopic (exact) mass is 272 g/mol. The van der Waals surface area contributed by atoms with Crippen molar-refractivity contribution in [1.29, 1.82) is 0 Å². The SMILES string of the molecule is O=S(=O)(Cl)c1ccc(S)cc1.[Zn]. The van der Waals surface area contributed by atoms with Crippen LogP contribution in [-0.2, 0) is 28.5 Å². The number of halogens is 1. The summed E-state index contributed by atoms with van der Waals surface area (Å²) < 4.78 is 21.4. The molecule has 0 fully saturated rings. The number of rotatable bonds is 1. The van der Waals surface area contributed by atoms with E-state index in [0.717, 1.165) is 0 Å². The van der Waals surface area contributed by atoms with Crippen molar-refractivity contribution in [3.05, 3.63) is 24.3 Å². The van der Waals surface area contributed by atoms with Gasteiger partial charge in [-0.15, -0.1) is 12.6 Å². The molecule has 0 unspecified atom stereocenters. The first kappa shape index (κ1) is 12.4. The van der Waals surface area contributed by atoms with Crippen LogP contribution in [0.1, 0.15) is 0 Å². The van der Waals surface area contributed by atoms with Crippen molar-refractivity contribution in [3.63, 3.8) is 0 Å². The van der Waals surface area contributed by atoms with E-state index in [-0.39, 0.29) is 24.4 Å². The first-order valence-electron chi connectivity index (χ1n) is 2.74. The zero-order chi connectivity index (χ0) is 8.48. The molecule has 12 heavy (non-hydrogen) atoms. The van der Waals surface area contributed by atoms with E-state index in [0.29, 0.717) is 4.90 Å². The Labute approximate surface area is 93.9 Å². The van der Waals surface area contributed by atoms with Crippen LogP contribution < -0.4 is 0 Å². The van der Waals surface area contributed by atoms with Gasteiger partial charge in [0.25, 0.3) is 9.05 Å². The fourth-order valence-electron chi connectivity index (χ4n) is 0.609. The Bertz CT molecular complexity index is 346. The van der Waals surface area contributed by atoms with E-state index >= 15 is 0 Å². The van der Waals surface area contributed by atoms with Crippen molar-refractivity contribution in [2.24, 2.45) is 0 Å². The van der Waals surface area contributed by atoms with E-state index in [9.17, 15) is 8.42 Å². The summed E-state index contributed by atoms with van der Waals surface area (Å²) in [5.41, 5.74) is 0. The standard InChI is InChI=1S/C6H5ClO2S2.Zn/c7-11(8,9)6-3-1-5(10)2-4-6;/h1-4,10H;. The van der Waals surface area contributed by atoms with Crippen LogP contribution in [-0.4, -0.2) is 8.42 Å². The van der Waals surface area contributed by atoms with Crippen molar-refractivity contribution in [2.45, 2.75) is 9.79 Å². The molecule has 6 heteroatoms. The molecule has 2 nitrogen and oxygen atoms in total. The molecule has 0 aliphatic carbocycles. The molecule has 0 amide bonds. The van der Waals surface area contributed by atoms with Crippen LogP contribution in [0.15, 0.2) is 34.1 Å². The molecule has 0 radical (unpaired) electrons. The largest absolute Gasteiger partial charge is 0.261 e. The van der Waals surface area contributed by atoms with E-state index in [4.69, 9.17) is 10.7 Å². The molecule has 1 rings (SSSR count). The summed E-state index contributed by atoms with van der Waals surface area (Å²) in [5, 5.41) is 0. The van der Waals surface area contributed by atoms with Crippen molar-refractivity contribution in [2.75, 3.05) is 0 Å². The summed E-state index contributed by atoms with van der Waals surface area (Å²) in [4.78, 5) is 0.797. The molecule has 0 aromatic heterocycles. The Balaban J connectivity index is 0.00000121. The van der Waals surface area contributed by atoms with Crippen molar-refractivity contribution in [3.8, 4) is 0 Å². The second-order valence-corrected chi connectivity index (χ2v) is 5.01. The fraction of sp³-hybridized carbons (Fsp3) is 0. The molecule has 62 valence electrons. The predicted octanol–water partition coefficient (Wildman–Crippen LogP) is 1.90. The van der Waals surface area contributed by atoms with Gasteiger partial charge in [-0.3, -0.25) is 0 Å². The number of hydrogen-bond acceptors (Lipinski definition) is 3. The molecule has 0 saturated carbocycles. The fourth-order valence-corrected chi connectivity index (χ4v) is 1.53. The summed E-state index contributed by atoms with van der Waals surface area (Å²) >= 11 is 3.99. The molecule has 0 aliphatic heterocycles. The van der Waals surface area contributed by atoms with E-state index in [1.165, 1.54) is 12.1 Å². The molecule has 1 aromatic rings. The summed E-state index contributed by atoms with van der Waals surface area (Å²) in [5.74, 6) is 0. The third-order valence-corrected chi connectivity index (χ3v) is 2.79.